The maximum Gasteiger partial charge on any atom is 0.237 e. The predicted octanol–water partition coefficient (Wildman–Crippen LogP) is 1.69. The van der Waals surface area contributed by atoms with Gasteiger partial charge in [-0.05, 0) is 12.1 Å². The van der Waals surface area contributed by atoms with Crippen LogP contribution in [0.2, 0.25) is 0 Å². The molecule has 0 saturated heterocycles. The summed E-state index contributed by atoms with van der Waals surface area (Å²) < 4.78 is 5.58. The molecule has 2 rings (SSSR count). The van der Waals surface area contributed by atoms with Crippen molar-refractivity contribution in [1.82, 2.24) is 9.97 Å². The molecule has 1 aromatic heterocycles. The number of para-hydroxylation sites is 2. The third-order valence-electron chi connectivity index (χ3n) is 2.30. The van der Waals surface area contributed by atoms with E-state index in [4.69, 9.17) is 10.5 Å². The minimum atomic E-state index is -0.166. The summed E-state index contributed by atoms with van der Waals surface area (Å²) in [6.07, 6.45) is 3.04. The van der Waals surface area contributed by atoms with Crippen LogP contribution >= 0.6 is 0 Å². The molecule has 0 aliphatic carbocycles. The fourth-order valence-corrected chi connectivity index (χ4v) is 1.46. The summed E-state index contributed by atoms with van der Waals surface area (Å²) in [5.41, 5.74) is 6.71. The second-order valence-electron chi connectivity index (χ2n) is 3.83. The van der Waals surface area contributed by atoms with Crippen LogP contribution in [0.4, 0.5) is 5.69 Å². The number of anilines is 1. The quantitative estimate of drug-likeness (QED) is 0.870. The lowest BCUT2D eigenvalue weighted by Gasteiger charge is -2.10. The van der Waals surface area contributed by atoms with E-state index < -0.39 is 0 Å². The van der Waals surface area contributed by atoms with Gasteiger partial charge < -0.3 is 15.8 Å². The number of amides is 1. The summed E-state index contributed by atoms with van der Waals surface area (Å²) in [6, 6.07) is 7.10. The highest BCUT2D eigenvalue weighted by molar-refractivity contribution is 5.90. The zero-order valence-corrected chi connectivity index (χ0v) is 10.5. The number of carbonyl (C=O) groups is 1. The van der Waals surface area contributed by atoms with Gasteiger partial charge in [-0.25, -0.2) is 4.98 Å². The molecule has 0 atom stereocenters. The number of carbonyl (C=O) groups excluding carboxylic acids is 1. The van der Waals surface area contributed by atoms with Gasteiger partial charge in [0.15, 0.2) is 5.75 Å². The maximum atomic E-state index is 11.1. The number of nitrogens with zero attached hydrogens (tertiary/aromatic N) is 2. The van der Waals surface area contributed by atoms with Gasteiger partial charge in [-0.15, -0.1) is 0 Å². The monoisotopic (exact) mass is 258 g/mol. The average molecular weight is 258 g/mol. The molecule has 0 spiro atoms. The number of nitrogens with two attached hydrogens (primary N) is 1. The molecule has 0 fully saturated rings. The largest absolute Gasteiger partial charge is 0.435 e. The van der Waals surface area contributed by atoms with E-state index in [1.807, 2.05) is 6.07 Å². The minimum Gasteiger partial charge on any atom is -0.435 e. The van der Waals surface area contributed by atoms with Gasteiger partial charge in [0, 0.05) is 13.5 Å². The van der Waals surface area contributed by atoms with Crippen LogP contribution in [0.25, 0.3) is 0 Å². The van der Waals surface area contributed by atoms with Crippen molar-refractivity contribution in [3.63, 3.8) is 0 Å². The van der Waals surface area contributed by atoms with Crippen LogP contribution < -0.4 is 15.8 Å². The molecule has 19 heavy (non-hydrogen) atoms. The van der Waals surface area contributed by atoms with Crippen molar-refractivity contribution < 1.29 is 9.53 Å². The summed E-state index contributed by atoms with van der Waals surface area (Å²) in [4.78, 5) is 19.3. The Balaban J connectivity index is 2.19. The van der Waals surface area contributed by atoms with Crippen molar-refractivity contribution >= 4 is 11.6 Å². The molecular weight excluding hydrogens is 244 g/mol. The Kier molecular flexibility index (Phi) is 4.04. The van der Waals surface area contributed by atoms with E-state index in [-0.39, 0.29) is 5.91 Å². The molecule has 2 aromatic rings. The summed E-state index contributed by atoms with van der Waals surface area (Å²) in [7, 11) is 0. The smallest absolute Gasteiger partial charge is 0.237 e. The zero-order chi connectivity index (χ0) is 13.7. The molecule has 1 aromatic carbocycles. The second-order valence-corrected chi connectivity index (χ2v) is 3.83. The van der Waals surface area contributed by atoms with E-state index >= 15 is 0 Å². The van der Waals surface area contributed by atoms with Crippen LogP contribution in [-0.4, -0.2) is 15.9 Å². The normalized spacial score (nSPS) is 10.0. The average Bonchev–Trinajstić information content (AvgIpc) is 2.41. The molecular formula is C13H14N4O2. The first-order valence-corrected chi connectivity index (χ1v) is 5.74. The summed E-state index contributed by atoms with van der Waals surface area (Å²) >= 11 is 0. The van der Waals surface area contributed by atoms with Gasteiger partial charge in [-0.1, -0.05) is 12.1 Å². The van der Waals surface area contributed by atoms with Gasteiger partial charge in [0.1, 0.15) is 0 Å². The number of hydrogen-bond donors (Lipinski definition) is 2. The van der Waals surface area contributed by atoms with Gasteiger partial charge in [0.25, 0.3) is 0 Å². The Morgan fingerprint density at radius 3 is 2.74 bits per heavy atom. The highest BCUT2D eigenvalue weighted by Gasteiger charge is 2.06. The van der Waals surface area contributed by atoms with Gasteiger partial charge in [0.2, 0.25) is 11.8 Å². The Labute approximate surface area is 110 Å². The lowest BCUT2D eigenvalue weighted by atomic mass is 10.3. The van der Waals surface area contributed by atoms with E-state index in [9.17, 15) is 4.79 Å². The second kappa shape index (κ2) is 5.92. The van der Waals surface area contributed by atoms with Crippen LogP contribution in [-0.2, 0) is 11.3 Å². The third-order valence-corrected chi connectivity index (χ3v) is 2.30. The van der Waals surface area contributed by atoms with Gasteiger partial charge in [-0.2, -0.15) is 0 Å². The summed E-state index contributed by atoms with van der Waals surface area (Å²) in [5.74, 6) is 0.683. The van der Waals surface area contributed by atoms with Gasteiger partial charge >= 0.3 is 0 Å². The standard InChI is InChI=1S/C13H14N4O2/c1-9(18)17-11-4-2-3-5-12(11)19-13-8-15-10(6-14)7-16-13/h2-5,7-8H,6,14H2,1H3,(H,17,18). The molecule has 0 bridgehead atoms. The van der Waals surface area contributed by atoms with Crippen molar-refractivity contribution in [3.05, 3.63) is 42.4 Å². The van der Waals surface area contributed by atoms with E-state index in [0.717, 1.165) is 0 Å². The molecule has 0 aliphatic heterocycles. The van der Waals surface area contributed by atoms with Crippen molar-refractivity contribution in [3.8, 4) is 11.6 Å². The van der Waals surface area contributed by atoms with E-state index in [1.165, 1.54) is 13.1 Å². The number of nitrogens with one attached hydrogen (secondary N) is 1. The number of aromatic nitrogens is 2. The fourth-order valence-electron chi connectivity index (χ4n) is 1.46. The Morgan fingerprint density at radius 1 is 1.32 bits per heavy atom. The topological polar surface area (TPSA) is 90.1 Å². The van der Waals surface area contributed by atoms with Crippen molar-refractivity contribution in [1.29, 1.82) is 0 Å². The van der Waals surface area contributed by atoms with Crippen molar-refractivity contribution in [2.24, 2.45) is 5.73 Å². The maximum absolute atomic E-state index is 11.1. The lowest BCUT2D eigenvalue weighted by Crippen LogP contribution is -2.07. The first-order valence-electron chi connectivity index (χ1n) is 5.74. The van der Waals surface area contributed by atoms with Gasteiger partial charge in [0.05, 0.1) is 23.8 Å². The zero-order valence-electron chi connectivity index (χ0n) is 10.5. The number of ether oxygens (including phenoxy) is 1. The SMILES string of the molecule is CC(=O)Nc1ccccc1Oc1cnc(CN)cn1. The summed E-state index contributed by atoms with van der Waals surface area (Å²) in [5, 5.41) is 2.68. The molecule has 0 saturated carbocycles. The molecule has 6 nitrogen and oxygen atoms in total. The first-order chi connectivity index (χ1) is 9.19. The van der Waals surface area contributed by atoms with Crippen LogP contribution in [0.5, 0.6) is 11.6 Å². The number of benzene rings is 1. The van der Waals surface area contributed by atoms with Crippen molar-refractivity contribution in [2.45, 2.75) is 13.5 Å². The van der Waals surface area contributed by atoms with E-state index in [1.54, 1.807) is 24.4 Å². The predicted molar refractivity (Wildman–Crippen MR) is 70.7 cm³/mol. The number of rotatable bonds is 4. The minimum absolute atomic E-state index is 0.166. The van der Waals surface area contributed by atoms with Gasteiger partial charge in [-0.3, -0.25) is 9.78 Å². The van der Waals surface area contributed by atoms with Crippen molar-refractivity contribution in [2.75, 3.05) is 5.32 Å². The number of hydrogen-bond acceptors (Lipinski definition) is 5. The first kappa shape index (κ1) is 13.0. The highest BCUT2D eigenvalue weighted by atomic mass is 16.5. The molecule has 1 heterocycles. The van der Waals surface area contributed by atoms with Crippen LogP contribution in [0.1, 0.15) is 12.6 Å². The molecule has 98 valence electrons. The molecule has 6 heteroatoms. The Hall–Kier alpha value is -2.47. The molecule has 0 aliphatic rings. The molecule has 1 amide bonds. The molecule has 0 unspecified atom stereocenters. The fraction of sp³-hybridized carbons (Fsp3) is 0.154. The van der Waals surface area contributed by atoms with E-state index in [0.29, 0.717) is 29.6 Å². The van der Waals surface area contributed by atoms with Crippen LogP contribution in [0, 0.1) is 0 Å². The highest BCUT2D eigenvalue weighted by Crippen LogP contribution is 2.27. The lowest BCUT2D eigenvalue weighted by molar-refractivity contribution is -0.114. The summed E-state index contributed by atoms with van der Waals surface area (Å²) in [6.45, 7) is 1.77. The molecule has 3 N–H and O–H groups in total. The Bertz CT molecular complexity index is 569. The molecule has 0 radical (unpaired) electrons. The van der Waals surface area contributed by atoms with Crippen LogP contribution in [0.3, 0.4) is 0 Å². The van der Waals surface area contributed by atoms with Crippen LogP contribution in [0.15, 0.2) is 36.7 Å². The third kappa shape index (κ3) is 3.49. The Morgan fingerprint density at radius 2 is 2.11 bits per heavy atom. The van der Waals surface area contributed by atoms with E-state index in [2.05, 4.69) is 15.3 Å².